The number of furan rings is 1. The van der Waals surface area contributed by atoms with Gasteiger partial charge in [0.1, 0.15) is 22.7 Å². The number of aromatic nitrogens is 3. The number of pyridine rings is 1. The summed E-state index contributed by atoms with van der Waals surface area (Å²) >= 11 is 0. The SMILES string of the molecule is c1ccc(-c2nc(-c3ccc4c(c3)nc(-c3ccccc3)c3cc5c(cc34)C3(c4ccccc4Oc4ccccc43)c3ccccc3-5)cc(-c3cccc4c3oc3ccccc34)n2)cc1. The van der Waals surface area contributed by atoms with Gasteiger partial charge in [-0.3, -0.25) is 0 Å². The minimum absolute atomic E-state index is 0.595. The summed E-state index contributed by atoms with van der Waals surface area (Å²) in [5.41, 5.74) is 15.5. The van der Waals surface area contributed by atoms with Crippen molar-refractivity contribution in [2.24, 2.45) is 0 Å². The standard InChI is InChI=1S/C60H35N3O2/c1-3-16-36(17-4-1)57-46-33-45-39-20-7-9-24-47(39)60(48-25-10-13-28-55(48)64-56-29-14-11-26-49(56)60)50(45)34-44(46)40-31-30-38(32-52(40)61-57)51-35-53(63-59(62-51)37-18-5-2-6-19-37)43-23-15-22-42-41-21-8-12-27-54(41)65-58(42)43/h1-35H. The fourth-order valence-corrected chi connectivity index (χ4v) is 10.7. The molecule has 0 saturated heterocycles. The maximum absolute atomic E-state index is 6.67. The van der Waals surface area contributed by atoms with E-state index in [0.29, 0.717) is 5.82 Å². The molecule has 9 aromatic carbocycles. The lowest BCUT2D eigenvalue weighted by Crippen LogP contribution is -2.32. The van der Waals surface area contributed by atoms with Crippen LogP contribution < -0.4 is 4.74 Å². The van der Waals surface area contributed by atoms with Crippen molar-refractivity contribution in [3.63, 3.8) is 0 Å². The lowest BCUT2D eigenvalue weighted by Gasteiger charge is -2.39. The van der Waals surface area contributed by atoms with E-state index in [1.165, 1.54) is 22.3 Å². The molecule has 0 amide bonds. The van der Waals surface area contributed by atoms with Gasteiger partial charge in [-0.15, -0.1) is 0 Å². The molecule has 65 heavy (non-hydrogen) atoms. The quantitative estimate of drug-likeness (QED) is 0.165. The molecule has 14 rings (SSSR count). The zero-order chi connectivity index (χ0) is 42.6. The summed E-state index contributed by atoms with van der Waals surface area (Å²) in [5.74, 6) is 2.39. The molecule has 302 valence electrons. The molecular weight excluding hydrogens is 795 g/mol. The van der Waals surface area contributed by atoms with E-state index >= 15 is 0 Å². The zero-order valence-electron chi connectivity index (χ0n) is 34.9. The normalized spacial score (nSPS) is 13.2. The summed E-state index contributed by atoms with van der Waals surface area (Å²) in [6, 6.07) is 74.7. The topological polar surface area (TPSA) is 61.0 Å². The average Bonchev–Trinajstić information content (AvgIpc) is 3.89. The Morgan fingerprint density at radius 3 is 1.80 bits per heavy atom. The third kappa shape index (κ3) is 5.18. The number of ether oxygens (including phenoxy) is 1. The van der Waals surface area contributed by atoms with Crippen LogP contribution in [0.1, 0.15) is 22.3 Å². The summed E-state index contributed by atoms with van der Waals surface area (Å²) in [6.45, 7) is 0. The maximum Gasteiger partial charge on any atom is 0.160 e. The molecule has 0 fully saturated rings. The predicted octanol–water partition coefficient (Wildman–Crippen LogP) is 15.2. The highest BCUT2D eigenvalue weighted by Crippen LogP contribution is 2.62. The highest BCUT2D eigenvalue weighted by atomic mass is 16.5. The van der Waals surface area contributed by atoms with Gasteiger partial charge >= 0.3 is 0 Å². The first-order chi connectivity index (χ1) is 32.2. The fourth-order valence-electron chi connectivity index (χ4n) is 10.7. The monoisotopic (exact) mass is 829 g/mol. The summed E-state index contributed by atoms with van der Waals surface area (Å²) in [4.78, 5) is 16.0. The molecule has 2 aliphatic rings. The van der Waals surface area contributed by atoms with Crippen molar-refractivity contribution in [3.05, 3.63) is 235 Å². The molecular formula is C60H35N3O2. The predicted molar refractivity (Wildman–Crippen MR) is 261 cm³/mol. The molecule has 0 N–H and O–H groups in total. The van der Waals surface area contributed by atoms with Crippen LogP contribution >= 0.6 is 0 Å². The van der Waals surface area contributed by atoms with Gasteiger partial charge in [0.2, 0.25) is 0 Å². The molecule has 0 unspecified atom stereocenters. The summed E-state index contributed by atoms with van der Waals surface area (Å²) < 4.78 is 13.2. The van der Waals surface area contributed by atoms with Gasteiger partial charge in [0.15, 0.2) is 5.82 Å². The Bertz CT molecular complexity index is 3890. The summed E-state index contributed by atoms with van der Waals surface area (Å²) in [5, 5.41) is 5.44. The Labute approximate surface area is 373 Å². The molecule has 0 bridgehead atoms. The van der Waals surface area contributed by atoms with E-state index in [1.807, 2.05) is 36.4 Å². The molecule has 0 atom stereocenters. The Morgan fingerprint density at radius 1 is 0.354 bits per heavy atom. The molecule has 1 aliphatic heterocycles. The van der Waals surface area contributed by atoms with Crippen molar-refractivity contribution in [1.29, 1.82) is 0 Å². The van der Waals surface area contributed by atoms with Gasteiger partial charge < -0.3 is 9.15 Å². The van der Waals surface area contributed by atoms with Gasteiger partial charge in [-0.05, 0) is 76.2 Å². The van der Waals surface area contributed by atoms with Gasteiger partial charge in [0.05, 0.1) is 28.0 Å². The van der Waals surface area contributed by atoms with E-state index in [2.05, 4.69) is 176 Å². The molecule has 1 spiro atoms. The van der Waals surface area contributed by atoms with Gasteiger partial charge in [-0.25, -0.2) is 15.0 Å². The Kier molecular flexibility index (Phi) is 7.54. The van der Waals surface area contributed by atoms with Crippen LogP contribution in [-0.4, -0.2) is 15.0 Å². The first-order valence-corrected chi connectivity index (χ1v) is 22.0. The minimum Gasteiger partial charge on any atom is -0.457 e. The number of nitrogens with zero attached hydrogens (tertiary/aromatic N) is 3. The van der Waals surface area contributed by atoms with Gasteiger partial charge in [-0.1, -0.05) is 164 Å². The smallest absolute Gasteiger partial charge is 0.160 e. The highest BCUT2D eigenvalue weighted by Gasteiger charge is 2.51. The average molecular weight is 830 g/mol. The van der Waals surface area contributed by atoms with E-state index < -0.39 is 5.41 Å². The first kappa shape index (κ1) is 35.9. The molecule has 1 aliphatic carbocycles. The van der Waals surface area contributed by atoms with Crippen LogP contribution in [0.4, 0.5) is 0 Å². The van der Waals surface area contributed by atoms with Crippen molar-refractivity contribution >= 4 is 43.6 Å². The largest absolute Gasteiger partial charge is 0.457 e. The van der Waals surface area contributed by atoms with Gasteiger partial charge in [-0.2, -0.15) is 0 Å². The maximum atomic E-state index is 6.67. The number of hydrogen-bond donors (Lipinski definition) is 0. The van der Waals surface area contributed by atoms with Crippen LogP contribution in [0.3, 0.4) is 0 Å². The third-order valence-corrected chi connectivity index (χ3v) is 13.5. The lowest BCUT2D eigenvalue weighted by molar-refractivity contribution is 0.436. The second-order valence-corrected chi connectivity index (χ2v) is 17.0. The number of para-hydroxylation sites is 4. The zero-order valence-corrected chi connectivity index (χ0v) is 34.9. The first-order valence-electron chi connectivity index (χ1n) is 22.0. The van der Waals surface area contributed by atoms with E-state index in [1.54, 1.807) is 0 Å². The molecule has 4 heterocycles. The van der Waals surface area contributed by atoms with Gasteiger partial charge in [0.25, 0.3) is 0 Å². The molecule has 5 nitrogen and oxygen atoms in total. The van der Waals surface area contributed by atoms with Crippen LogP contribution in [0.15, 0.2) is 217 Å². The number of fused-ring (bicyclic) bond motifs is 15. The second-order valence-electron chi connectivity index (χ2n) is 17.0. The number of rotatable bonds is 4. The molecule has 12 aromatic rings. The highest BCUT2D eigenvalue weighted by molar-refractivity contribution is 6.14. The van der Waals surface area contributed by atoms with Crippen LogP contribution in [0.25, 0.3) is 99.9 Å². The van der Waals surface area contributed by atoms with E-state index in [9.17, 15) is 0 Å². The van der Waals surface area contributed by atoms with Crippen molar-refractivity contribution in [1.82, 2.24) is 15.0 Å². The van der Waals surface area contributed by atoms with E-state index in [0.717, 1.165) is 106 Å². The van der Waals surface area contributed by atoms with Crippen molar-refractivity contribution in [2.45, 2.75) is 5.41 Å². The number of benzene rings is 9. The molecule has 3 aromatic heterocycles. The Balaban J connectivity index is 1.03. The Hall–Kier alpha value is -8.67. The van der Waals surface area contributed by atoms with Crippen LogP contribution in [0.2, 0.25) is 0 Å². The fraction of sp³-hybridized carbons (Fsp3) is 0.0167. The van der Waals surface area contributed by atoms with Crippen molar-refractivity contribution in [3.8, 4) is 67.8 Å². The van der Waals surface area contributed by atoms with Crippen LogP contribution in [-0.2, 0) is 5.41 Å². The summed E-state index contributed by atoms with van der Waals surface area (Å²) in [7, 11) is 0. The second kappa shape index (κ2) is 13.7. The minimum atomic E-state index is -0.595. The third-order valence-electron chi connectivity index (χ3n) is 13.5. The number of hydrogen-bond acceptors (Lipinski definition) is 5. The van der Waals surface area contributed by atoms with E-state index in [4.69, 9.17) is 24.1 Å². The lowest BCUT2D eigenvalue weighted by atomic mass is 9.66. The Morgan fingerprint density at radius 2 is 1.00 bits per heavy atom. The van der Waals surface area contributed by atoms with Gasteiger partial charge in [0, 0.05) is 54.9 Å². The van der Waals surface area contributed by atoms with E-state index in [-0.39, 0.29) is 0 Å². The molecule has 0 saturated carbocycles. The molecule has 5 heteroatoms. The summed E-state index contributed by atoms with van der Waals surface area (Å²) in [6.07, 6.45) is 0. The van der Waals surface area contributed by atoms with Crippen LogP contribution in [0, 0.1) is 0 Å². The molecule has 0 radical (unpaired) electrons. The van der Waals surface area contributed by atoms with Crippen molar-refractivity contribution < 1.29 is 9.15 Å². The van der Waals surface area contributed by atoms with Crippen molar-refractivity contribution in [2.75, 3.05) is 0 Å². The van der Waals surface area contributed by atoms with Crippen LogP contribution in [0.5, 0.6) is 11.5 Å².